The first-order valence-electron chi connectivity index (χ1n) is 7.00. The van der Waals surface area contributed by atoms with Gasteiger partial charge in [-0.25, -0.2) is 9.78 Å². The highest BCUT2D eigenvalue weighted by molar-refractivity contribution is 6.30. The Labute approximate surface area is 135 Å². The molecule has 0 aliphatic rings. The summed E-state index contributed by atoms with van der Waals surface area (Å²) in [7, 11) is 0. The molecule has 22 heavy (non-hydrogen) atoms. The molecule has 1 aromatic heterocycles. The topological polar surface area (TPSA) is 42.4 Å². The predicted molar refractivity (Wildman–Crippen MR) is 88.1 cm³/mol. The number of hydrogen-bond acceptors (Lipinski definition) is 3. The molecule has 0 aliphatic carbocycles. The number of ether oxygens (including phenoxy) is 1. The summed E-state index contributed by atoms with van der Waals surface area (Å²) in [5.41, 5.74) is 0.399. The molecule has 5 heteroatoms. The quantitative estimate of drug-likeness (QED) is 0.825. The van der Waals surface area contributed by atoms with E-state index in [0.29, 0.717) is 10.8 Å². The van der Waals surface area contributed by atoms with Gasteiger partial charge in [0.2, 0.25) is 0 Å². The summed E-state index contributed by atoms with van der Waals surface area (Å²) in [6.45, 7) is 5.96. The number of rotatable bonds is 3. The summed E-state index contributed by atoms with van der Waals surface area (Å²) in [6, 6.07) is 12.7. The van der Waals surface area contributed by atoms with Crippen molar-refractivity contribution in [2.24, 2.45) is 0 Å². The summed E-state index contributed by atoms with van der Waals surface area (Å²) < 4.78 is 5.41. The van der Waals surface area contributed by atoms with Crippen molar-refractivity contribution in [2.75, 3.05) is 4.90 Å². The molecule has 0 atom stereocenters. The molecule has 0 N–H and O–H groups in total. The first-order valence-corrected chi connectivity index (χ1v) is 7.38. The standard InChI is InChI=1S/C17H19ClN2O2/c1-17(2,3)20(15-9-4-5-10-19-15)16(21)22-12-13-7-6-8-14(18)11-13/h4-11H,12H2,1-3H3. The van der Waals surface area contributed by atoms with Crippen molar-refractivity contribution in [3.8, 4) is 0 Å². The van der Waals surface area contributed by atoms with Crippen molar-refractivity contribution >= 4 is 23.5 Å². The van der Waals surface area contributed by atoms with Crippen LogP contribution in [0.15, 0.2) is 48.7 Å². The second kappa shape index (κ2) is 6.79. The normalized spacial score (nSPS) is 11.1. The minimum Gasteiger partial charge on any atom is -0.444 e. The minimum absolute atomic E-state index is 0.165. The zero-order valence-electron chi connectivity index (χ0n) is 12.9. The van der Waals surface area contributed by atoms with Crippen molar-refractivity contribution in [1.82, 2.24) is 4.98 Å². The second-order valence-electron chi connectivity index (χ2n) is 5.88. The monoisotopic (exact) mass is 318 g/mol. The fraction of sp³-hybridized carbons (Fsp3) is 0.294. The molecule has 1 heterocycles. The Hall–Kier alpha value is -2.07. The zero-order chi connectivity index (χ0) is 16.2. The van der Waals surface area contributed by atoms with E-state index in [4.69, 9.17) is 16.3 Å². The van der Waals surface area contributed by atoms with Gasteiger partial charge in [0.25, 0.3) is 0 Å². The van der Waals surface area contributed by atoms with Gasteiger partial charge in [-0.05, 0) is 50.6 Å². The van der Waals surface area contributed by atoms with Crippen LogP contribution in [0.2, 0.25) is 5.02 Å². The van der Waals surface area contributed by atoms with Crippen LogP contribution in [0.25, 0.3) is 0 Å². The largest absolute Gasteiger partial charge is 0.444 e. The van der Waals surface area contributed by atoms with Crippen LogP contribution >= 0.6 is 11.6 Å². The lowest BCUT2D eigenvalue weighted by Crippen LogP contribution is -2.46. The number of pyridine rings is 1. The fourth-order valence-electron chi connectivity index (χ4n) is 2.03. The van der Waals surface area contributed by atoms with Crippen LogP contribution in [-0.2, 0) is 11.3 Å². The molecule has 2 aromatic rings. The Morgan fingerprint density at radius 2 is 2.00 bits per heavy atom. The van der Waals surface area contributed by atoms with Gasteiger partial charge in [-0.1, -0.05) is 29.8 Å². The first-order chi connectivity index (χ1) is 10.4. The number of anilines is 1. The lowest BCUT2D eigenvalue weighted by Gasteiger charge is -2.33. The molecule has 0 fully saturated rings. The Balaban J connectivity index is 2.13. The maximum Gasteiger partial charge on any atom is 0.416 e. The van der Waals surface area contributed by atoms with Gasteiger partial charge in [0.15, 0.2) is 0 Å². The van der Waals surface area contributed by atoms with Crippen LogP contribution in [0.3, 0.4) is 0 Å². The van der Waals surface area contributed by atoms with Crippen LogP contribution in [-0.4, -0.2) is 16.6 Å². The third kappa shape index (κ3) is 4.21. The number of carbonyl (C=O) groups is 1. The lowest BCUT2D eigenvalue weighted by atomic mass is 10.1. The molecule has 0 radical (unpaired) electrons. The summed E-state index contributed by atoms with van der Waals surface area (Å²) in [6.07, 6.45) is 1.21. The summed E-state index contributed by atoms with van der Waals surface area (Å²) in [5, 5.41) is 0.617. The molecule has 116 valence electrons. The average molecular weight is 319 g/mol. The van der Waals surface area contributed by atoms with Crippen LogP contribution in [0, 0.1) is 0 Å². The number of hydrogen-bond donors (Lipinski definition) is 0. The van der Waals surface area contributed by atoms with Crippen molar-refractivity contribution in [2.45, 2.75) is 32.9 Å². The van der Waals surface area contributed by atoms with Gasteiger partial charge in [0, 0.05) is 16.8 Å². The number of amides is 1. The number of aromatic nitrogens is 1. The van der Waals surface area contributed by atoms with Crippen LogP contribution in [0.5, 0.6) is 0 Å². The summed E-state index contributed by atoms with van der Waals surface area (Å²) >= 11 is 5.93. The van der Waals surface area contributed by atoms with E-state index in [9.17, 15) is 4.79 Å². The van der Waals surface area contributed by atoms with Gasteiger partial charge in [-0.2, -0.15) is 0 Å². The van der Waals surface area contributed by atoms with E-state index >= 15 is 0 Å². The molecular formula is C17H19ClN2O2. The summed E-state index contributed by atoms with van der Waals surface area (Å²) in [4.78, 5) is 18.3. The Bertz CT molecular complexity index is 639. The highest BCUT2D eigenvalue weighted by Crippen LogP contribution is 2.23. The van der Waals surface area contributed by atoms with E-state index in [2.05, 4.69) is 4.98 Å². The Morgan fingerprint density at radius 3 is 2.59 bits per heavy atom. The number of carbonyl (C=O) groups excluding carboxylic acids is 1. The van der Waals surface area contributed by atoms with Crippen molar-refractivity contribution in [3.05, 3.63) is 59.2 Å². The van der Waals surface area contributed by atoms with E-state index in [0.717, 1.165) is 5.56 Å². The van der Waals surface area contributed by atoms with Gasteiger partial charge >= 0.3 is 6.09 Å². The zero-order valence-corrected chi connectivity index (χ0v) is 13.7. The third-order valence-corrected chi connectivity index (χ3v) is 3.22. The molecule has 0 spiro atoms. The maximum absolute atomic E-state index is 12.5. The Morgan fingerprint density at radius 1 is 1.23 bits per heavy atom. The molecule has 1 amide bonds. The molecule has 0 unspecified atom stereocenters. The second-order valence-corrected chi connectivity index (χ2v) is 6.32. The van der Waals surface area contributed by atoms with Gasteiger partial charge in [0.1, 0.15) is 12.4 Å². The third-order valence-electron chi connectivity index (χ3n) is 2.98. The lowest BCUT2D eigenvalue weighted by molar-refractivity contribution is 0.141. The van der Waals surface area contributed by atoms with E-state index in [1.165, 1.54) is 4.90 Å². The molecule has 1 aromatic carbocycles. The van der Waals surface area contributed by atoms with Crippen molar-refractivity contribution in [1.29, 1.82) is 0 Å². The maximum atomic E-state index is 12.5. The average Bonchev–Trinajstić information content (AvgIpc) is 2.45. The van der Waals surface area contributed by atoms with Crippen molar-refractivity contribution in [3.63, 3.8) is 0 Å². The van der Waals surface area contributed by atoms with Gasteiger partial charge in [-0.3, -0.25) is 4.90 Å². The van der Waals surface area contributed by atoms with Crippen molar-refractivity contribution < 1.29 is 9.53 Å². The highest BCUT2D eigenvalue weighted by Gasteiger charge is 2.30. The molecule has 2 rings (SSSR count). The van der Waals surface area contributed by atoms with Gasteiger partial charge < -0.3 is 4.74 Å². The summed E-state index contributed by atoms with van der Waals surface area (Å²) in [5.74, 6) is 0.561. The van der Waals surface area contributed by atoms with Crippen LogP contribution in [0.4, 0.5) is 10.6 Å². The van der Waals surface area contributed by atoms with E-state index < -0.39 is 11.6 Å². The number of benzene rings is 1. The van der Waals surface area contributed by atoms with Gasteiger partial charge in [-0.15, -0.1) is 0 Å². The minimum atomic E-state index is -0.445. The van der Waals surface area contributed by atoms with E-state index in [1.807, 2.05) is 45.0 Å². The molecule has 0 bridgehead atoms. The van der Waals surface area contributed by atoms with Crippen LogP contribution < -0.4 is 4.90 Å². The van der Waals surface area contributed by atoms with E-state index in [-0.39, 0.29) is 6.61 Å². The van der Waals surface area contributed by atoms with Crippen LogP contribution in [0.1, 0.15) is 26.3 Å². The highest BCUT2D eigenvalue weighted by atomic mass is 35.5. The molecule has 0 saturated carbocycles. The molecule has 4 nitrogen and oxygen atoms in total. The van der Waals surface area contributed by atoms with Gasteiger partial charge in [0.05, 0.1) is 0 Å². The molecule has 0 saturated heterocycles. The first kappa shape index (κ1) is 16.3. The smallest absolute Gasteiger partial charge is 0.416 e. The molecular weight excluding hydrogens is 300 g/mol. The molecule has 0 aliphatic heterocycles. The number of halogens is 1. The SMILES string of the molecule is CC(C)(C)N(C(=O)OCc1cccc(Cl)c1)c1ccccn1. The van der Waals surface area contributed by atoms with E-state index in [1.54, 1.807) is 24.4 Å². The fourth-order valence-corrected chi connectivity index (χ4v) is 2.25. The number of nitrogens with zero attached hydrogens (tertiary/aromatic N) is 2. The Kier molecular flexibility index (Phi) is 5.03. The predicted octanol–water partition coefficient (Wildman–Crippen LogP) is 4.68.